The summed E-state index contributed by atoms with van der Waals surface area (Å²) in [6, 6.07) is 21.7. The van der Waals surface area contributed by atoms with Gasteiger partial charge < -0.3 is 14.2 Å². The van der Waals surface area contributed by atoms with Crippen molar-refractivity contribution in [3.8, 4) is 17.2 Å². The minimum absolute atomic E-state index is 0.158. The lowest BCUT2D eigenvalue weighted by Crippen LogP contribution is -2.24. The average molecular weight is 444 g/mol. The third kappa shape index (κ3) is 7.66. The van der Waals surface area contributed by atoms with Gasteiger partial charge in [-0.15, -0.1) is 0 Å². The molecule has 0 heterocycles. The number of carbonyl (C=O) groups is 2. The third-order valence-electron chi connectivity index (χ3n) is 4.40. The van der Waals surface area contributed by atoms with Crippen molar-refractivity contribution in [2.24, 2.45) is 5.10 Å². The smallest absolute Gasteiger partial charge is 0.336 e. The zero-order valence-corrected chi connectivity index (χ0v) is 18.4. The SMILES string of the molecule is COc1cc(C=NNC(=O)COc2ccc(C)cc2)ccc1OC(=O)C=Cc1ccccc1. The van der Waals surface area contributed by atoms with Crippen LogP contribution in [0.1, 0.15) is 16.7 Å². The van der Waals surface area contributed by atoms with Gasteiger partial charge in [0, 0.05) is 6.08 Å². The Morgan fingerprint density at radius 3 is 2.42 bits per heavy atom. The Labute approximate surface area is 192 Å². The van der Waals surface area contributed by atoms with E-state index in [2.05, 4.69) is 10.5 Å². The molecule has 0 bridgehead atoms. The molecule has 168 valence electrons. The van der Waals surface area contributed by atoms with Crippen LogP contribution in [0.3, 0.4) is 0 Å². The molecule has 0 saturated heterocycles. The van der Waals surface area contributed by atoms with E-state index in [0.29, 0.717) is 17.1 Å². The first-order valence-corrected chi connectivity index (χ1v) is 10.2. The van der Waals surface area contributed by atoms with E-state index in [1.807, 2.05) is 49.4 Å². The lowest BCUT2D eigenvalue weighted by molar-refractivity contribution is -0.129. The van der Waals surface area contributed by atoms with Gasteiger partial charge in [-0.2, -0.15) is 5.10 Å². The topological polar surface area (TPSA) is 86.2 Å². The Hall–Kier alpha value is -4.39. The summed E-state index contributed by atoms with van der Waals surface area (Å²) in [7, 11) is 1.47. The van der Waals surface area contributed by atoms with Crippen molar-refractivity contribution in [1.82, 2.24) is 5.43 Å². The van der Waals surface area contributed by atoms with Gasteiger partial charge in [0.2, 0.25) is 0 Å². The summed E-state index contributed by atoms with van der Waals surface area (Å²) in [5, 5.41) is 3.92. The van der Waals surface area contributed by atoms with Crippen molar-refractivity contribution in [3.05, 3.63) is 95.6 Å². The number of hydrogen-bond acceptors (Lipinski definition) is 6. The molecule has 0 aliphatic rings. The van der Waals surface area contributed by atoms with E-state index in [0.717, 1.165) is 11.1 Å². The number of nitrogens with zero attached hydrogens (tertiary/aromatic N) is 1. The fourth-order valence-electron chi connectivity index (χ4n) is 2.71. The maximum Gasteiger partial charge on any atom is 0.336 e. The fraction of sp³-hybridized carbons (Fsp3) is 0.115. The van der Waals surface area contributed by atoms with Gasteiger partial charge in [0.1, 0.15) is 5.75 Å². The van der Waals surface area contributed by atoms with Gasteiger partial charge >= 0.3 is 5.97 Å². The van der Waals surface area contributed by atoms with Gasteiger partial charge in [-0.1, -0.05) is 48.0 Å². The largest absolute Gasteiger partial charge is 0.493 e. The van der Waals surface area contributed by atoms with Crippen molar-refractivity contribution in [2.45, 2.75) is 6.92 Å². The number of esters is 1. The molecule has 0 aromatic heterocycles. The molecule has 3 rings (SSSR count). The number of benzene rings is 3. The summed E-state index contributed by atoms with van der Waals surface area (Å²) >= 11 is 0. The lowest BCUT2D eigenvalue weighted by Gasteiger charge is -2.08. The molecule has 0 unspecified atom stereocenters. The molecule has 1 N–H and O–H groups in total. The number of aryl methyl sites for hydroxylation is 1. The van der Waals surface area contributed by atoms with Crippen molar-refractivity contribution in [2.75, 3.05) is 13.7 Å². The van der Waals surface area contributed by atoms with Crippen molar-refractivity contribution >= 4 is 24.2 Å². The third-order valence-corrected chi connectivity index (χ3v) is 4.40. The Morgan fingerprint density at radius 2 is 1.70 bits per heavy atom. The number of ether oxygens (including phenoxy) is 3. The van der Waals surface area contributed by atoms with E-state index in [4.69, 9.17) is 14.2 Å². The monoisotopic (exact) mass is 444 g/mol. The van der Waals surface area contributed by atoms with Gasteiger partial charge in [-0.3, -0.25) is 4.79 Å². The van der Waals surface area contributed by atoms with Crippen LogP contribution in [0.15, 0.2) is 84.0 Å². The molecule has 7 heteroatoms. The van der Waals surface area contributed by atoms with Crippen molar-refractivity contribution < 1.29 is 23.8 Å². The van der Waals surface area contributed by atoms with Gasteiger partial charge in [0.15, 0.2) is 18.1 Å². The maximum atomic E-state index is 12.1. The first kappa shape index (κ1) is 23.3. The number of hydrazone groups is 1. The normalized spacial score (nSPS) is 10.8. The predicted octanol–water partition coefficient (Wildman–Crippen LogP) is 4.15. The highest BCUT2D eigenvalue weighted by molar-refractivity contribution is 5.89. The number of nitrogens with one attached hydrogen (secondary N) is 1. The Bertz CT molecular complexity index is 1140. The Morgan fingerprint density at radius 1 is 0.939 bits per heavy atom. The van der Waals surface area contributed by atoms with E-state index in [-0.39, 0.29) is 12.4 Å². The average Bonchev–Trinajstić information content (AvgIpc) is 2.84. The standard InChI is InChI=1S/C26H24N2O5/c1-19-8-12-22(13-9-19)32-18-25(29)28-27-17-21-10-14-23(24(16-21)31-2)33-26(30)15-11-20-6-4-3-5-7-20/h3-17H,18H2,1-2H3,(H,28,29). The molecule has 0 aliphatic carbocycles. The van der Waals surface area contributed by atoms with Gasteiger partial charge in [0.25, 0.3) is 5.91 Å². The zero-order valence-electron chi connectivity index (χ0n) is 18.4. The Balaban J connectivity index is 1.52. The number of hydrogen-bond donors (Lipinski definition) is 1. The van der Waals surface area contributed by atoms with Crippen molar-refractivity contribution in [1.29, 1.82) is 0 Å². The molecule has 0 fully saturated rings. The second kappa shape index (κ2) is 11.9. The molecule has 3 aromatic rings. The van der Waals surface area contributed by atoms with E-state index < -0.39 is 11.9 Å². The molecule has 0 saturated carbocycles. The summed E-state index contributed by atoms with van der Waals surface area (Å²) in [6.45, 7) is 1.81. The Kier molecular flexibility index (Phi) is 8.36. The molecule has 0 radical (unpaired) electrons. The molecule has 0 atom stereocenters. The molecule has 33 heavy (non-hydrogen) atoms. The first-order chi connectivity index (χ1) is 16.0. The van der Waals surface area contributed by atoms with E-state index in [1.54, 1.807) is 36.4 Å². The lowest BCUT2D eigenvalue weighted by atomic mass is 10.2. The van der Waals surface area contributed by atoms with Gasteiger partial charge in [0.05, 0.1) is 13.3 Å². The molecule has 3 aromatic carbocycles. The predicted molar refractivity (Wildman–Crippen MR) is 127 cm³/mol. The molecule has 7 nitrogen and oxygen atoms in total. The number of amides is 1. The molecular formula is C26H24N2O5. The second-order valence-corrected chi connectivity index (χ2v) is 6.97. The number of rotatable bonds is 9. The van der Waals surface area contributed by atoms with Crippen LogP contribution in [0, 0.1) is 6.92 Å². The van der Waals surface area contributed by atoms with Crippen LogP contribution >= 0.6 is 0 Å². The van der Waals surface area contributed by atoms with Crippen LogP contribution in [0.2, 0.25) is 0 Å². The van der Waals surface area contributed by atoms with Crippen LogP contribution in [0.5, 0.6) is 17.2 Å². The van der Waals surface area contributed by atoms with Gasteiger partial charge in [-0.05, 0) is 54.5 Å². The van der Waals surface area contributed by atoms with Crippen LogP contribution in [0.4, 0.5) is 0 Å². The number of methoxy groups -OCH3 is 1. The summed E-state index contributed by atoms with van der Waals surface area (Å²) in [6.07, 6.45) is 4.46. The minimum atomic E-state index is -0.528. The van der Waals surface area contributed by atoms with Crippen LogP contribution in [-0.4, -0.2) is 31.8 Å². The van der Waals surface area contributed by atoms with Gasteiger partial charge in [-0.25, -0.2) is 10.2 Å². The summed E-state index contributed by atoms with van der Waals surface area (Å²) in [5.41, 5.74) is 5.04. The van der Waals surface area contributed by atoms with E-state index >= 15 is 0 Å². The molecule has 0 aliphatic heterocycles. The fourth-order valence-corrected chi connectivity index (χ4v) is 2.71. The summed E-state index contributed by atoms with van der Waals surface area (Å²) in [4.78, 5) is 24.0. The maximum absolute atomic E-state index is 12.1. The van der Waals surface area contributed by atoms with Crippen molar-refractivity contribution in [3.63, 3.8) is 0 Å². The first-order valence-electron chi connectivity index (χ1n) is 10.2. The minimum Gasteiger partial charge on any atom is -0.493 e. The summed E-state index contributed by atoms with van der Waals surface area (Å²) in [5.74, 6) is 0.310. The highest BCUT2D eigenvalue weighted by Crippen LogP contribution is 2.27. The molecule has 1 amide bonds. The highest BCUT2D eigenvalue weighted by Gasteiger charge is 2.09. The zero-order chi connectivity index (χ0) is 23.5. The molecular weight excluding hydrogens is 420 g/mol. The van der Waals surface area contributed by atoms with E-state index in [9.17, 15) is 9.59 Å². The highest BCUT2D eigenvalue weighted by atomic mass is 16.6. The van der Waals surface area contributed by atoms with Crippen LogP contribution < -0.4 is 19.6 Å². The second-order valence-electron chi connectivity index (χ2n) is 6.97. The van der Waals surface area contributed by atoms with Crippen LogP contribution in [-0.2, 0) is 9.59 Å². The summed E-state index contributed by atoms with van der Waals surface area (Å²) < 4.78 is 16.1. The quantitative estimate of drug-likeness (QED) is 0.176. The molecule has 0 spiro atoms. The number of carbonyl (C=O) groups excluding carboxylic acids is 2. The van der Waals surface area contributed by atoms with E-state index in [1.165, 1.54) is 19.4 Å². The van der Waals surface area contributed by atoms with Crippen LogP contribution in [0.25, 0.3) is 6.08 Å².